The van der Waals surface area contributed by atoms with Crippen molar-refractivity contribution in [3.63, 3.8) is 0 Å². The fourth-order valence-corrected chi connectivity index (χ4v) is 2.94. The lowest BCUT2D eigenvalue weighted by atomic mass is 10.1. The first-order valence-corrected chi connectivity index (χ1v) is 8.82. The molecule has 0 aliphatic carbocycles. The quantitative estimate of drug-likeness (QED) is 0.791. The number of nitrogens with zero attached hydrogens (tertiary/aromatic N) is 2. The van der Waals surface area contributed by atoms with Crippen LogP contribution < -0.4 is 5.32 Å². The minimum Gasteiger partial charge on any atom is -0.462 e. The van der Waals surface area contributed by atoms with Crippen LogP contribution in [0.15, 0.2) is 48.7 Å². The molecule has 7 heteroatoms. The topological polar surface area (TPSA) is 88.6 Å². The fourth-order valence-electron chi connectivity index (χ4n) is 2.94. The Labute approximate surface area is 157 Å². The van der Waals surface area contributed by atoms with Crippen LogP contribution in [0.4, 0.5) is 5.69 Å². The van der Waals surface area contributed by atoms with E-state index in [-0.39, 0.29) is 18.2 Å². The molecule has 3 rings (SSSR count). The van der Waals surface area contributed by atoms with Crippen molar-refractivity contribution >= 4 is 23.5 Å². The van der Waals surface area contributed by atoms with E-state index in [2.05, 4.69) is 10.3 Å². The van der Waals surface area contributed by atoms with Crippen molar-refractivity contribution in [3.05, 3.63) is 59.9 Å². The van der Waals surface area contributed by atoms with Gasteiger partial charge in [0.05, 0.1) is 30.3 Å². The first-order valence-electron chi connectivity index (χ1n) is 8.82. The average molecular weight is 367 g/mol. The van der Waals surface area contributed by atoms with E-state index in [1.165, 1.54) is 0 Å². The monoisotopic (exact) mass is 367 g/mol. The summed E-state index contributed by atoms with van der Waals surface area (Å²) in [4.78, 5) is 42.2. The number of rotatable bonds is 6. The number of pyridine rings is 1. The second-order valence-electron chi connectivity index (χ2n) is 6.28. The zero-order chi connectivity index (χ0) is 19.2. The van der Waals surface area contributed by atoms with E-state index in [4.69, 9.17) is 4.74 Å². The maximum Gasteiger partial charge on any atom is 0.338 e. The number of carbonyl (C=O) groups excluding carboxylic acids is 3. The standard InChI is InChI=1S/C20H21N3O4/c1-2-27-20(26)14-6-8-16(9-7-14)22-19(25)15-11-18(24)23(12-15)13-17-5-3-4-10-21-17/h3-10,15H,2,11-13H2,1H3,(H,22,25). The third-order valence-electron chi connectivity index (χ3n) is 4.33. The summed E-state index contributed by atoms with van der Waals surface area (Å²) in [6.07, 6.45) is 1.86. The summed E-state index contributed by atoms with van der Waals surface area (Å²) in [6, 6.07) is 12.0. The lowest BCUT2D eigenvalue weighted by Crippen LogP contribution is -2.28. The number of hydrogen-bond donors (Lipinski definition) is 1. The number of hydrogen-bond acceptors (Lipinski definition) is 5. The Morgan fingerprint density at radius 3 is 2.67 bits per heavy atom. The SMILES string of the molecule is CCOC(=O)c1ccc(NC(=O)C2CC(=O)N(Cc3ccccn3)C2)cc1. The zero-order valence-electron chi connectivity index (χ0n) is 15.1. The lowest BCUT2D eigenvalue weighted by molar-refractivity contribution is -0.128. The number of likely N-dealkylation sites (tertiary alicyclic amines) is 1. The molecule has 7 nitrogen and oxygen atoms in total. The summed E-state index contributed by atoms with van der Waals surface area (Å²) >= 11 is 0. The molecule has 0 radical (unpaired) electrons. The fraction of sp³-hybridized carbons (Fsp3) is 0.300. The molecule has 1 unspecified atom stereocenters. The molecule has 1 aromatic carbocycles. The van der Waals surface area contributed by atoms with Crippen LogP contribution in [0.2, 0.25) is 0 Å². The van der Waals surface area contributed by atoms with E-state index in [1.54, 1.807) is 42.3 Å². The molecule has 1 aliphatic rings. The highest BCUT2D eigenvalue weighted by Gasteiger charge is 2.34. The van der Waals surface area contributed by atoms with E-state index < -0.39 is 11.9 Å². The third kappa shape index (κ3) is 4.69. The van der Waals surface area contributed by atoms with Crippen LogP contribution in [0.25, 0.3) is 0 Å². The van der Waals surface area contributed by atoms with E-state index in [9.17, 15) is 14.4 Å². The van der Waals surface area contributed by atoms with Crippen molar-refractivity contribution in [2.75, 3.05) is 18.5 Å². The first-order chi connectivity index (χ1) is 13.1. The molecule has 1 aliphatic heterocycles. The van der Waals surface area contributed by atoms with Gasteiger partial charge in [0, 0.05) is 24.8 Å². The maximum atomic E-state index is 12.5. The van der Waals surface area contributed by atoms with E-state index in [0.29, 0.717) is 30.9 Å². The van der Waals surface area contributed by atoms with Gasteiger partial charge in [0.15, 0.2) is 0 Å². The average Bonchev–Trinajstić information content (AvgIpc) is 3.04. The zero-order valence-corrected chi connectivity index (χ0v) is 15.1. The first kappa shape index (κ1) is 18.6. The molecule has 2 amide bonds. The molecule has 0 spiro atoms. The number of nitrogens with one attached hydrogen (secondary N) is 1. The van der Waals surface area contributed by atoms with Gasteiger partial charge in [-0.25, -0.2) is 4.79 Å². The maximum absolute atomic E-state index is 12.5. The van der Waals surface area contributed by atoms with E-state index in [0.717, 1.165) is 5.69 Å². The van der Waals surface area contributed by atoms with Crippen LogP contribution in [0.1, 0.15) is 29.4 Å². The van der Waals surface area contributed by atoms with Crippen molar-refractivity contribution in [2.24, 2.45) is 5.92 Å². The number of amides is 2. The van der Waals surface area contributed by atoms with E-state index in [1.807, 2.05) is 18.2 Å². The van der Waals surface area contributed by atoms with Crippen LogP contribution in [-0.4, -0.2) is 40.8 Å². The molecule has 2 aromatic rings. The number of benzene rings is 1. The predicted molar refractivity (Wildman–Crippen MR) is 98.8 cm³/mol. The minimum atomic E-state index is -0.411. The van der Waals surface area contributed by atoms with Gasteiger partial charge in [0.2, 0.25) is 11.8 Å². The van der Waals surface area contributed by atoms with Gasteiger partial charge < -0.3 is 15.0 Å². The Morgan fingerprint density at radius 1 is 1.22 bits per heavy atom. The molecule has 27 heavy (non-hydrogen) atoms. The number of ether oxygens (including phenoxy) is 1. The molecule has 1 fully saturated rings. The van der Waals surface area contributed by atoms with Crippen LogP contribution in [0.3, 0.4) is 0 Å². The molecule has 1 aromatic heterocycles. The van der Waals surface area contributed by atoms with Crippen molar-refractivity contribution in [1.29, 1.82) is 0 Å². The van der Waals surface area contributed by atoms with Crippen LogP contribution in [0, 0.1) is 5.92 Å². The Hall–Kier alpha value is -3.22. The third-order valence-corrected chi connectivity index (χ3v) is 4.33. The summed E-state index contributed by atoms with van der Waals surface area (Å²) in [5.74, 6) is -1.08. The van der Waals surface area contributed by atoms with Gasteiger partial charge >= 0.3 is 5.97 Å². The Morgan fingerprint density at radius 2 is 2.00 bits per heavy atom. The summed E-state index contributed by atoms with van der Waals surface area (Å²) in [7, 11) is 0. The molecule has 1 saturated heterocycles. The Balaban J connectivity index is 1.57. The van der Waals surface area contributed by atoms with Crippen LogP contribution in [0.5, 0.6) is 0 Å². The molecule has 0 bridgehead atoms. The highest BCUT2D eigenvalue weighted by molar-refractivity contribution is 5.97. The smallest absolute Gasteiger partial charge is 0.338 e. The van der Waals surface area contributed by atoms with Crippen molar-refractivity contribution in [3.8, 4) is 0 Å². The minimum absolute atomic E-state index is 0.0570. The summed E-state index contributed by atoms with van der Waals surface area (Å²) in [5, 5.41) is 2.80. The van der Waals surface area contributed by atoms with Gasteiger partial charge in [0.25, 0.3) is 0 Å². The lowest BCUT2D eigenvalue weighted by Gasteiger charge is -2.16. The molecule has 0 saturated carbocycles. The van der Waals surface area contributed by atoms with E-state index >= 15 is 0 Å². The Kier molecular flexibility index (Phi) is 5.80. The van der Waals surface area contributed by atoms with Gasteiger partial charge in [-0.3, -0.25) is 14.6 Å². The summed E-state index contributed by atoms with van der Waals surface area (Å²) < 4.78 is 4.93. The highest BCUT2D eigenvalue weighted by Crippen LogP contribution is 2.21. The number of anilines is 1. The van der Waals surface area contributed by atoms with Gasteiger partial charge in [-0.05, 0) is 43.3 Å². The summed E-state index contributed by atoms with van der Waals surface area (Å²) in [6.45, 7) is 2.81. The second kappa shape index (κ2) is 8.44. The number of aromatic nitrogens is 1. The molecule has 1 N–H and O–H groups in total. The van der Waals surface area contributed by atoms with Crippen LogP contribution in [-0.2, 0) is 20.9 Å². The van der Waals surface area contributed by atoms with Gasteiger partial charge in [-0.1, -0.05) is 6.07 Å². The molecule has 1 atom stereocenters. The molecule has 2 heterocycles. The number of esters is 1. The van der Waals surface area contributed by atoms with Crippen molar-refractivity contribution < 1.29 is 19.1 Å². The van der Waals surface area contributed by atoms with Crippen molar-refractivity contribution in [1.82, 2.24) is 9.88 Å². The molecule has 140 valence electrons. The normalized spacial score (nSPS) is 16.3. The molecular formula is C20H21N3O4. The van der Waals surface area contributed by atoms with Gasteiger partial charge in [0.1, 0.15) is 0 Å². The largest absolute Gasteiger partial charge is 0.462 e. The molecular weight excluding hydrogens is 346 g/mol. The predicted octanol–water partition coefficient (Wildman–Crippen LogP) is 2.25. The Bertz CT molecular complexity index is 821. The number of carbonyl (C=O) groups is 3. The van der Waals surface area contributed by atoms with Gasteiger partial charge in [-0.2, -0.15) is 0 Å². The second-order valence-corrected chi connectivity index (χ2v) is 6.28. The van der Waals surface area contributed by atoms with Gasteiger partial charge in [-0.15, -0.1) is 0 Å². The van der Waals surface area contributed by atoms with Crippen LogP contribution >= 0.6 is 0 Å². The highest BCUT2D eigenvalue weighted by atomic mass is 16.5. The summed E-state index contributed by atoms with van der Waals surface area (Å²) in [5.41, 5.74) is 1.79. The van der Waals surface area contributed by atoms with Crippen molar-refractivity contribution in [2.45, 2.75) is 19.9 Å².